The average Bonchev–Trinajstić information content (AvgIpc) is 3.29. The van der Waals surface area contributed by atoms with Gasteiger partial charge in [-0.2, -0.15) is 0 Å². The number of furan rings is 1. The van der Waals surface area contributed by atoms with Crippen molar-refractivity contribution in [3.05, 3.63) is 46.7 Å². The molecule has 2 aromatic heterocycles. The molecule has 0 aromatic carbocycles. The minimum atomic E-state index is -0.780. The van der Waals surface area contributed by atoms with Crippen LogP contribution in [0.2, 0.25) is 0 Å². The Labute approximate surface area is 170 Å². The Morgan fingerprint density at radius 3 is 2.52 bits per heavy atom. The second-order valence-corrected chi connectivity index (χ2v) is 6.72. The van der Waals surface area contributed by atoms with Crippen LogP contribution in [0.25, 0.3) is 0 Å². The summed E-state index contributed by atoms with van der Waals surface area (Å²) in [5, 5.41) is 0. The molecule has 158 valence electrons. The number of esters is 1. The molecule has 0 saturated heterocycles. The van der Waals surface area contributed by atoms with Gasteiger partial charge >= 0.3 is 5.97 Å². The first kappa shape index (κ1) is 22.4. The van der Waals surface area contributed by atoms with Gasteiger partial charge < -0.3 is 23.4 Å². The summed E-state index contributed by atoms with van der Waals surface area (Å²) in [6, 6.07) is 2.39. The number of carbonyl (C=O) groups is 3. The summed E-state index contributed by atoms with van der Waals surface area (Å²) in [4.78, 5) is 40.0. The molecule has 0 aliphatic rings. The number of aromatic nitrogens is 1. The van der Waals surface area contributed by atoms with E-state index < -0.39 is 17.9 Å². The number of ether oxygens (including phenoxy) is 2. The van der Waals surface area contributed by atoms with E-state index in [1.54, 1.807) is 51.4 Å². The highest BCUT2D eigenvalue weighted by atomic mass is 16.5. The Kier molecular flexibility index (Phi) is 7.39. The van der Waals surface area contributed by atoms with E-state index in [0.29, 0.717) is 22.5 Å². The maximum Gasteiger partial charge on any atom is 0.355 e. The third kappa shape index (κ3) is 4.42. The van der Waals surface area contributed by atoms with E-state index in [2.05, 4.69) is 0 Å². The number of carbonyl (C=O) groups excluding carboxylic acids is 3. The minimum absolute atomic E-state index is 0.148. The predicted molar refractivity (Wildman–Crippen MR) is 106 cm³/mol. The van der Waals surface area contributed by atoms with Crippen LogP contribution in [0.4, 0.5) is 0 Å². The second-order valence-electron chi connectivity index (χ2n) is 6.72. The Hall–Kier alpha value is -2.87. The molecule has 0 saturated carbocycles. The summed E-state index contributed by atoms with van der Waals surface area (Å²) in [5.74, 6) is -0.994. The molecule has 1 atom stereocenters. The SMILES string of the molecule is CCOC(=O)c1c(C)c(C(=O)C(C)N(CCOC)C(=O)c2ccco2)c(C)n1C. The fourth-order valence-corrected chi connectivity index (χ4v) is 3.38. The van der Waals surface area contributed by atoms with Gasteiger partial charge in [-0.25, -0.2) is 4.79 Å². The number of ketones is 1. The molecule has 0 fully saturated rings. The molecule has 2 heterocycles. The predicted octanol–water partition coefficient (Wildman–Crippen LogP) is 2.77. The number of Topliss-reactive ketones (excluding diaryl/α,β-unsaturated/α-hetero) is 1. The third-order valence-electron chi connectivity index (χ3n) is 5.02. The number of rotatable bonds is 9. The first-order chi connectivity index (χ1) is 13.8. The van der Waals surface area contributed by atoms with Crippen LogP contribution in [-0.4, -0.2) is 60.0 Å². The van der Waals surface area contributed by atoms with Crippen molar-refractivity contribution in [2.45, 2.75) is 33.7 Å². The summed E-state index contributed by atoms with van der Waals surface area (Å²) in [6.45, 7) is 7.60. The smallest absolute Gasteiger partial charge is 0.355 e. The van der Waals surface area contributed by atoms with Gasteiger partial charge in [-0.3, -0.25) is 9.59 Å². The zero-order chi connectivity index (χ0) is 21.7. The third-order valence-corrected chi connectivity index (χ3v) is 5.02. The van der Waals surface area contributed by atoms with Crippen molar-refractivity contribution in [1.29, 1.82) is 0 Å². The lowest BCUT2D eigenvalue weighted by Crippen LogP contribution is -2.45. The normalized spacial score (nSPS) is 11.9. The molecule has 29 heavy (non-hydrogen) atoms. The molecule has 2 rings (SSSR count). The topological polar surface area (TPSA) is 91.0 Å². The Balaban J connectivity index is 2.41. The van der Waals surface area contributed by atoms with Gasteiger partial charge in [0.15, 0.2) is 11.5 Å². The zero-order valence-corrected chi connectivity index (χ0v) is 17.8. The van der Waals surface area contributed by atoms with Gasteiger partial charge in [0.2, 0.25) is 0 Å². The van der Waals surface area contributed by atoms with E-state index in [9.17, 15) is 14.4 Å². The summed E-state index contributed by atoms with van der Waals surface area (Å²) >= 11 is 0. The van der Waals surface area contributed by atoms with Crippen LogP contribution in [0, 0.1) is 13.8 Å². The van der Waals surface area contributed by atoms with Crippen LogP contribution >= 0.6 is 0 Å². The molecule has 0 N–H and O–H groups in total. The van der Waals surface area contributed by atoms with Gasteiger partial charge in [0.25, 0.3) is 5.91 Å². The number of hydrogen-bond donors (Lipinski definition) is 0. The van der Waals surface area contributed by atoms with E-state index in [0.717, 1.165) is 0 Å². The van der Waals surface area contributed by atoms with E-state index in [-0.39, 0.29) is 31.3 Å². The maximum absolute atomic E-state index is 13.4. The highest BCUT2D eigenvalue weighted by Gasteiger charge is 2.33. The van der Waals surface area contributed by atoms with Crippen LogP contribution < -0.4 is 0 Å². The standard InChI is InChI=1S/C21H28N2O6/c1-7-28-21(26)18-13(2)17(14(3)22(18)5)19(24)15(4)23(10-12-27-6)20(25)16-9-8-11-29-16/h8-9,11,15H,7,10,12H2,1-6H3. The van der Waals surface area contributed by atoms with Crippen molar-refractivity contribution in [3.63, 3.8) is 0 Å². The summed E-state index contributed by atoms with van der Waals surface area (Å²) in [6.07, 6.45) is 1.41. The van der Waals surface area contributed by atoms with Crippen molar-refractivity contribution in [2.75, 3.05) is 26.9 Å². The molecule has 2 aromatic rings. The van der Waals surface area contributed by atoms with Crippen LogP contribution in [0.3, 0.4) is 0 Å². The Bertz CT molecular complexity index is 882. The summed E-state index contributed by atoms with van der Waals surface area (Å²) in [7, 11) is 3.24. The first-order valence-corrected chi connectivity index (χ1v) is 9.46. The fourth-order valence-electron chi connectivity index (χ4n) is 3.38. The molecule has 0 spiro atoms. The summed E-state index contributed by atoms with van der Waals surface area (Å²) < 4.78 is 17.1. The van der Waals surface area contributed by atoms with Crippen LogP contribution in [0.1, 0.15) is 56.5 Å². The molecule has 0 radical (unpaired) electrons. The van der Waals surface area contributed by atoms with Gasteiger partial charge in [0.1, 0.15) is 5.69 Å². The summed E-state index contributed by atoms with van der Waals surface area (Å²) in [5.41, 5.74) is 1.93. The molecule has 0 aliphatic carbocycles. The Morgan fingerprint density at radius 2 is 1.97 bits per heavy atom. The van der Waals surface area contributed by atoms with Gasteiger partial charge in [0.05, 0.1) is 25.5 Å². The zero-order valence-electron chi connectivity index (χ0n) is 17.8. The van der Waals surface area contributed by atoms with Crippen molar-refractivity contribution < 1.29 is 28.3 Å². The van der Waals surface area contributed by atoms with Crippen molar-refractivity contribution in [3.8, 4) is 0 Å². The van der Waals surface area contributed by atoms with Gasteiger partial charge in [-0.15, -0.1) is 0 Å². The van der Waals surface area contributed by atoms with Crippen molar-refractivity contribution in [2.24, 2.45) is 7.05 Å². The lowest BCUT2D eigenvalue weighted by molar-refractivity contribution is 0.0513. The van der Waals surface area contributed by atoms with Crippen LogP contribution in [-0.2, 0) is 16.5 Å². The van der Waals surface area contributed by atoms with E-state index >= 15 is 0 Å². The quantitative estimate of drug-likeness (QED) is 0.471. The van der Waals surface area contributed by atoms with E-state index in [4.69, 9.17) is 13.9 Å². The Morgan fingerprint density at radius 1 is 1.28 bits per heavy atom. The second kappa shape index (κ2) is 9.56. The van der Waals surface area contributed by atoms with E-state index in [1.807, 2.05) is 0 Å². The van der Waals surface area contributed by atoms with Crippen molar-refractivity contribution in [1.82, 2.24) is 9.47 Å². The molecular weight excluding hydrogens is 376 g/mol. The van der Waals surface area contributed by atoms with Crippen molar-refractivity contribution >= 4 is 17.7 Å². The number of nitrogens with zero attached hydrogens (tertiary/aromatic N) is 2. The average molecular weight is 404 g/mol. The number of methoxy groups -OCH3 is 1. The molecule has 0 bridgehead atoms. The lowest BCUT2D eigenvalue weighted by Gasteiger charge is -2.27. The maximum atomic E-state index is 13.4. The fraction of sp³-hybridized carbons (Fsp3) is 0.476. The molecule has 1 amide bonds. The first-order valence-electron chi connectivity index (χ1n) is 9.46. The van der Waals surface area contributed by atoms with Crippen LogP contribution in [0.5, 0.6) is 0 Å². The highest BCUT2D eigenvalue weighted by molar-refractivity contribution is 6.07. The number of hydrogen-bond acceptors (Lipinski definition) is 6. The van der Waals surface area contributed by atoms with Gasteiger partial charge in [-0.1, -0.05) is 0 Å². The largest absolute Gasteiger partial charge is 0.461 e. The number of amides is 1. The minimum Gasteiger partial charge on any atom is -0.461 e. The molecule has 0 aliphatic heterocycles. The highest BCUT2D eigenvalue weighted by Crippen LogP contribution is 2.25. The molecule has 1 unspecified atom stereocenters. The molecular formula is C21H28N2O6. The molecule has 8 nitrogen and oxygen atoms in total. The van der Waals surface area contributed by atoms with Gasteiger partial charge in [0, 0.05) is 32.0 Å². The lowest BCUT2D eigenvalue weighted by atomic mass is 9.99. The molecule has 8 heteroatoms. The monoisotopic (exact) mass is 404 g/mol. The van der Waals surface area contributed by atoms with Gasteiger partial charge in [-0.05, 0) is 45.4 Å². The van der Waals surface area contributed by atoms with E-state index in [1.165, 1.54) is 18.3 Å². The van der Waals surface area contributed by atoms with Crippen LogP contribution in [0.15, 0.2) is 22.8 Å².